The maximum Gasteiger partial charge on any atom is 0.147 e. The van der Waals surface area contributed by atoms with Crippen LogP contribution in [-0.2, 0) is 0 Å². The van der Waals surface area contributed by atoms with Gasteiger partial charge in [-0.15, -0.1) is 0 Å². The maximum atomic E-state index is 10.5. The van der Waals surface area contributed by atoms with E-state index in [1.165, 1.54) is 0 Å². The van der Waals surface area contributed by atoms with Gasteiger partial charge in [-0.05, 0) is 58.7 Å². The molecule has 7 nitrogen and oxygen atoms in total. The molecule has 0 radical (unpaired) electrons. The number of anilines is 1. The normalized spacial score (nSPS) is 18.3. The van der Waals surface area contributed by atoms with E-state index >= 15 is 0 Å². The van der Waals surface area contributed by atoms with E-state index < -0.39 is 0 Å². The standard InChI is InChI=1S/C23H30N6O/c1-22(2)12-17(13-23(3,4)27-22)28(5)21-15-24-19(14-25-21)18-8-7-16(11-20(18)30)29-10-6-9-26-29/h6-11,14-15,17,27,30H,12-13H2,1-5H3. The minimum Gasteiger partial charge on any atom is -0.507 e. The molecule has 2 N–H and O–H groups in total. The highest BCUT2D eigenvalue weighted by atomic mass is 16.3. The number of piperidine rings is 1. The van der Waals surface area contributed by atoms with Crippen LogP contribution in [0.25, 0.3) is 16.9 Å². The second kappa shape index (κ2) is 7.40. The molecule has 1 aliphatic rings. The zero-order valence-corrected chi connectivity index (χ0v) is 18.3. The van der Waals surface area contributed by atoms with Gasteiger partial charge in [0.1, 0.15) is 11.6 Å². The molecule has 1 saturated heterocycles. The van der Waals surface area contributed by atoms with Gasteiger partial charge >= 0.3 is 0 Å². The molecule has 3 heterocycles. The van der Waals surface area contributed by atoms with Crippen LogP contribution in [0, 0.1) is 0 Å². The molecule has 3 aromatic rings. The third-order valence-electron chi connectivity index (χ3n) is 5.74. The Morgan fingerprint density at radius 1 is 1.10 bits per heavy atom. The summed E-state index contributed by atoms with van der Waals surface area (Å²) in [4.78, 5) is 11.5. The van der Waals surface area contributed by atoms with Gasteiger partial charge in [0, 0.05) is 48.2 Å². The van der Waals surface area contributed by atoms with Crippen LogP contribution < -0.4 is 10.2 Å². The van der Waals surface area contributed by atoms with Gasteiger partial charge in [0.15, 0.2) is 0 Å². The van der Waals surface area contributed by atoms with E-state index in [0.717, 1.165) is 24.3 Å². The molecular weight excluding hydrogens is 376 g/mol. The maximum absolute atomic E-state index is 10.5. The number of phenols is 1. The van der Waals surface area contributed by atoms with Gasteiger partial charge in [-0.2, -0.15) is 5.10 Å². The molecule has 2 aromatic heterocycles. The number of aromatic nitrogens is 4. The van der Waals surface area contributed by atoms with E-state index in [4.69, 9.17) is 0 Å². The molecule has 7 heteroatoms. The first-order valence-corrected chi connectivity index (χ1v) is 10.3. The van der Waals surface area contributed by atoms with E-state index in [1.54, 1.807) is 29.3 Å². The lowest BCUT2D eigenvalue weighted by molar-refractivity contribution is 0.160. The Labute approximate surface area is 177 Å². The third-order valence-corrected chi connectivity index (χ3v) is 5.74. The van der Waals surface area contributed by atoms with Crippen LogP contribution in [-0.4, -0.2) is 49.0 Å². The van der Waals surface area contributed by atoms with Crippen molar-refractivity contribution in [3.05, 3.63) is 49.1 Å². The van der Waals surface area contributed by atoms with Gasteiger partial charge in [0.2, 0.25) is 0 Å². The van der Waals surface area contributed by atoms with E-state index in [0.29, 0.717) is 17.3 Å². The number of aromatic hydroxyl groups is 1. The number of rotatable bonds is 4. The minimum atomic E-state index is 0.0656. The second-order valence-electron chi connectivity index (χ2n) is 9.48. The molecule has 0 unspecified atom stereocenters. The number of phenolic OH excluding ortho intramolecular Hbond substituents is 1. The molecule has 30 heavy (non-hydrogen) atoms. The average Bonchev–Trinajstić information content (AvgIpc) is 3.20. The van der Waals surface area contributed by atoms with Crippen molar-refractivity contribution in [2.24, 2.45) is 0 Å². The molecule has 0 saturated carbocycles. The first kappa shape index (κ1) is 20.3. The molecular formula is C23H30N6O. The summed E-state index contributed by atoms with van der Waals surface area (Å²) in [6.07, 6.45) is 9.13. The van der Waals surface area contributed by atoms with Gasteiger partial charge in [-0.25, -0.2) is 9.67 Å². The highest BCUT2D eigenvalue weighted by Crippen LogP contribution is 2.33. The summed E-state index contributed by atoms with van der Waals surface area (Å²) in [6.45, 7) is 9.00. The molecule has 0 amide bonds. The fourth-order valence-corrected chi connectivity index (χ4v) is 4.67. The number of hydrogen-bond donors (Lipinski definition) is 2. The Morgan fingerprint density at radius 3 is 2.40 bits per heavy atom. The summed E-state index contributed by atoms with van der Waals surface area (Å²) in [5.74, 6) is 0.991. The average molecular weight is 407 g/mol. The summed E-state index contributed by atoms with van der Waals surface area (Å²) in [7, 11) is 2.09. The van der Waals surface area contributed by atoms with Crippen LogP contribution in [0.1, 0.15) is 40.5 Å². The lowest BCUT2D eigenvalue weighted by Gasteiger charge is -2.49. The van der Waals surface area contributed by atoms with Crippen LogP contribution in [0.4, 0.5) is 5.82 Å². The fraction of sp³-hybridized carbons (Fsp3) is 0.435. The Balaban J connectivity index is 1.54. The Hall–Kier alpha value is -2.93. The molecule has 1 fully saturated rings. The first-order chi connectivity index (χ1) is 14.1. The molecule has 4 rings (SSSR count). The lowest BCUT2D eigenvalue weighted by Crippen LogP contribution is -2.62. The van der Waals surface area contributed by atoms with Crippen molar-refractivity contribution < 1.29 is 5.11 Å². The predicted molar refractivity (Wildman–Crippen MR) is 119 cm³/mol. The summed E-state index contributed by atoms with van der Waals surface area (Å²) in [5, 5.41) is 18.4. The Kier molecular flexibility index (Phi) is 5.02. The topological polar surface area (TPSA) is 79.1 Å². The van der Waals surface area contributed by atoms with Crippen molar-refractivity contribution in [3.8, 4) is 22.7 Å². The van der Waals surface area contributed by atoms with E-state index in [-0.39, 0.29) is 16.8 Å². The van der Waals surface area contributed by atoms with Gasteiger partial charge in [-0.1, -0.05) is 0 Å². The highest BCUT2D eigenvalue weighted by Gasteiger charge is 2.39. The van der Waals surface area contributed by atoms with Crippen molar-refractivity contribution >= 4 is 5.82 Å². The zero-order valence-electron chi connectivity index (χ0n) is 18.3. The molecule has 0 bridgehead atoms. The predicted octanol–water partition coefficient (Wildman–Crippen LogP) is 3.78. The summed E-state index contributed by atoms with van der Waals surface area (Å²) in [5.41, 5.74) is 2.22. The van der Waals surface area contributed by atoms with Crippen molar-refractivity contribution in [2.45, 2.75) is 57.7 Å². The van der Waals surface area contributed by atoms with Crippen LogP contribution in [0.15, 0.2) is 49.1 Å². The molecule has 0 atom stereocenters. The summed E-state index contributed by atoms with van der Waals surface area (Å²) in [6, 6.07) is 7.65. The van der Waals surface area contributed by atoms with Crippen molar-refractivity contribution in [2.75, 3.05) is 11.9 Å². The van der Waals surface area contributed by atoms with Crippen LogP contribution in [0.3, 0.4) is 0 Å². The smallest absolute Gasteiger partial charge is 0.147 e. The van der Waals surface area contributed by atoms with Gasteiger partial charge in [-0.3, -0.25) is 4.98 Å². The van der Waals surface area contributed by atoms with Crippen molar-refractivity contribution in [1.29, 1.82) is 0 Å². The van der Waals surface area contributed by atoms with Gasteiger partial charge < -0.3 is 15.3 Å². The van der Waals surface area contributed by atoms with Crippen molar-refractivity contribution in [1.82, 2.24) is 25.1 Å². The molecule has 158 valence electrons. The number of nitrogens with zero attached hydrogens (tertiary/aromatic N) is 5. The lowest BCUT2D eigenvalue weighted by atomic mass is 9.79. The molecule has 1 aromatic carbocycles. The number of hydrogen-bond acceptors (Lipinski definition) is 6. The first-order valence-electron chi connectivity index (χ1n) is 10.3. The van der Waals surface area contributed by atoms with Crippen LogP contribution >= 0.6 is 0 Å². The van der Waals surface area contributed by atoms with E-state index in [1.807, 2.05) is 24.4 Å². The Bertz CT molecular complexity index is 995. The second-order valence-corrected chi connectivity index (χ2v) is 9.48. The Morgan fingerprint density at radius 2 is 1.83 bits per heavy atom. The SMILES string of the molecule is CN(c1cnc(-c2ccc(-n3cccn3)cc2O)cn1)C1CC(C)(C)NC(C)(C)C1. The monoisotopic (exact) mass is 406 g/mol. The fourth-order valence-electron chi connectivity index (χ4n) is 4.67. The zero-order chi connectivity index (χ0) is 21.5. The molecule has 0 aliphatic carbocycles. The summed E-state index contributed by atoms with van der Waals surface area (Å²) < 4.78 is 1.70. The quantitative estimate of drug-likeness (QED) is 0.686. The van der Waals surface area contributed by atoms with Gasteiger partial charge in [0.05, 0.1) is 23.8 Å². The van der Waals surface area contributed by atoms with E-state index in [2.05, 4.69) is 60.0 Å². The molecule has 1 aliphatic heterocycles. The largest absolute Gasteiger partial charge is 0.507 e. The van der Waals surface area contributed by atoms with Gasteiger partial charge in [0.25, 0.3) is 0 Å². The highest BCUT2D eigenvalue weighted by molar-refractivity contribution is 5.68. The van der Waals surface area contributed by atoms with Crippen LogP contribution in [0.2, 0.25) is 0 Å². The summed E-state index contributed by atoms with van der Waals surface area (Å²) >= 11 is 0. The third kappa shape index (κ3) is 4.16. The van der Waals surface area contributed by atoms with Crippen molar-refractivity contribution in [3.63, 3.8) is 0 Å². The van der Waals surface area contributed by atoms with E-state index in [9.17, 15) is 5.11 Å². The number of nitrogens with one attached hydrogen (secondary N) is 1. The van der Waals surface area contributed by atoms with Crippen LogP contribution in [0.5, 0.6) is 5.75 Å². The minimum absolute atomic E-state index is 0.0656. The number of benzene rings is 1. The molecule has 0 spiro atoms.